The smallest absolute Gasteiger partial charge is 0.225 e. The van der Waals surface area contributed by atoms with Crippen LogP contribution in [0.3, 0.4) is 0 Å². The molecule has 25 heavy (non-hydrogen) atoms. The van der Waals surface area contributed by atoms with Gasteiger partial charge in [-0.3, -0.25) is 0 Å². The van der Waals surface area contributed by atoms with Gasteiger partial charge in [0.1, 0.15) is 11.6 Å². The predicted octanol–water partition coefficient (Wildman–Crippen LogP) is 3.04. The fourth-order valence-corrected chi connectivity index (χ4v) is 2.60. The van der Waals surface area contributed by atoms with Crippen LogP contribution in [0, 0.1) is 0 Å². The zero-order chi connectivity index (χ0) is 17.5. The van der Waals surface area contributed by atoms with Crippen molar-refractivity contribution in [2.75, 3.05) is 30.9 Å². The maximum absolute atomic E-state index is 8.93. The van der Waals surface area contributed by atoms with Gasteiger partial charge in [-0.1, -0.05) is 30.3 Å². The third-order valence-electron chi connectivity index (χ3n) is 3.86. The first-order chi connectivity index (χ1) is 12.3. The number of aliphatic hydroxyl groups excluding tert-OH is 1. The van der Waals surface area contributed by atoms with Crippen LogP contribution in [0.4, 0.5) is 11.8 Å². The molecule has 3 rings (SSSR count). The Balaban J connectivity index is 1.85. The van der Waals surface area contributed by atoms with E-state index in [1.807, 2.05) is 48.5 Å². The molecule has 6 heteroatoms. The first-order valence-electron chi connectivity index (χ1n) is 8.29. The number of hydrogen-bond donors (Lipinski definition) is 3. The average Bonchev–Trinajstić information content (AvgIpc) is 2.66. The largest absolute Gasteiger partial charge is 0.496 e. The number of anilines is 2. The molecular weight excluding hydrogens is 316 g/mol. The molecule has 6 nitrogen and oxygen atoms in total. The zero-order valence-corrected chi connectivity index (χ0v) is 14.2. The molecule has 0 unspecified atom stereocenters. The Morgan fingerprint density at radius 3 is 2.64 bits per heavy atom. The summed E-state index contributed by atoms with van der Waals surface area (Å²) in [6.07, 6.45) is 0.653. The number of ether oxygens (including phenoxy) is 1. The van der Waals surface area contributed by atoms with Crippen molar-refractivity contribution in [3.05, 3.63) is 54.1 Å². The summed E-state index contributed by atoms with van der Waals surface area (Å²) in [4.78, 5) is 9.12. The normalized spacial score (nSPS) is 10.6. The Bertz CT molecular complexity index is 839. The van der Waals surface area contributed by atoms with Crippen molar-refractivity contribution in [2.24, 2.45) is 0 Å². The molecule has 3 N–H and O–H groups in total. The van der Waals surface area contributed by atoms with Crippen LogP contribution in [0.2, 0.25) is 0 Å². The van der Waals surface area contributed by atoms with Crippen molar-refractivity contribution in [2.45, 2.75) is 13.0 Å². The van der Waals surface area contributed by atoms with Gasteiger partial charge in [0.2, 0.25) is 5.95 Å². The quantitative estimate of drug-likeness (QED) is 0.548. The van der Waals surface area contributed by atoms with Crippen LogP contribution in [-0.2, 0) is 6.54 Å². The molecular formula is C19H22N4O2. The van der Waals surface area contributed by atoms with Crippen molar-refractivity contribution in [1.29, 1.82) is 0 Å². The number of hydrogen-bond acceptors (Lipinski definition) is 6. The summed E-state index contributed by atoms with van der Waals surface area (Å²) < 4.78 is 5.40. The molecule has 0 aliphatic rings. The van der Waals surface area contributed by atoms with E-state index in [0.29, 0.717) is 25.5 Å². The fraction of sp³-hybridized carbons (Fsp3) is 0.263. The van der Waals surface area contributed by atoms with E-state index >= 15 is 0 Å². The van der Waals surface area contributed by atoms with Gasteiger partial charge >= 0.3 is 0 Å². The number of benzene rings is 2. The number of para-hydroxylation sites is 2. The SMILES string of the molecule is COc1ccccc1CNc1nc(NCCCO)nc2ccccc12. The highest BCUT2D eigenvalue weighted by Gasteiger charge is 2.08. The van der Waals surface area contributed by atoms with Crippen LogP contribution in [0.5, 0.6) is 5.75 Å². The number of aromatic nitrogens is 2. The summed E-state index contributed by atoms with van der Waals surface area (Å²) in [6, 6.07) is 15.8. The van der Waals surface area contributed by atoms with Crippen LogP contribution < -0.4 is 15.4 Å². The summed E-state index contributed by atoms with van der Waals surface area (Å²) >= 11 is 0. The molecule has 0 fully saturated rings. The van der Waals surface area contributed by atoms with E-state index in [1.54, 1.807) is 7.11 Å². The number of fused-ring (bicyclic) bond motifs is 1. The third kappa shape index (κ3) is 4.16. The highest BCUT2D eigenvalue weighted by Crippen LogP contribution is 2.24. The highest BCUT2D eigenvalue weighted by molar-refractivity contribution is 5.90. The predicted molar refractivity (Wildman–Crippen MR) is 100 cm³/mol. The minimum absolute atomic E-state index is 0.138. The molecule has 0 atom stereocenters. The second-order valence-electron chi connectivity index (χ2n) is 5.58. The van der Waals surface area contributed by atoms with Gasteiger partial charge in [0.25, 0.3) is 0 Å². The average molecular weight is 338 g/mol. The maximum Gasteiger partial charge on any atom is 0.225 e. The highest BCUT2D eigenvalue weighted by atomic mass is 16.5. The first kappa shape index (κ1) is 17.0. The monoisotopic (exact) mass is 338 g/mol. The van der Waals surface area contributed by atoms with Gasteiger partial charge in [0, 0.05) is 30.6 Å². The molecule has 130 valence electrons. The summed E-state index contributed by atoms with van der Waals surface area (Å²) in [7, 11) is 1.67. The number of nitrogens with one attached hydrogen (secondary N) is 2. The van der Waals surface area contributed by atoms with Gasteiger partial charge < -0.3 is 20.5 Å². The van der Waals surface area contributed by atoms with Gasteiger partial charge in [0.15, 0.2) is 0 Å². The minimum atomic E-state index is 0.138. The van der Waals surface area contributed by atoms with E-state index in [0.717, 1.165) is 28.0 Å². The molecule has 0 saturated carbocycles. The second kappa shape index (κ2) is 8.30. The molecule has 1 heterocycles. The number of methoxy groups -OCH3 is 1. The van der Waals surface area contributed by atoms with E-state index in [9.17, 15) is 0 Å². The number of nitrogens with zero attached hydrogens (tertiary/aromatic N) is 2. The number of rotatable bonds is 8. The van der Waals surface area contributed by atoms with Crippen LogP contribution in [-0.4, -0.2) is 35.3 Å². The lowest BCUT2D eigenvalue weighted by Gasteiger charge is -2.13. The Labute approximate surface area is 146 Å². The summed E-state index contributed by atoms with van der Waals surface area (Å²) in [5.74, 6) is 2.16. The Morgan fingerprint density at radius 1 is 1.00 bits per heavy atom. The molecule has 0 bridgehead atoms. The van der Waals surface area contributed by atoms with Crippen LogP contribution in [0.25, 0.3) is 10.9 Å². The Morgan fingerprint density at radius 2 is 1.80 bits per heavy atom. The van der Waals surface area contributed by atoms with E-state index < -0.39 is 0 Å². The van der Waals surface area contributed by atoms with Crippen LogP contribution in [0.1, 0.15) is 12.0 Å². The van der Waals surface area contributed by atoms with Crippen LogP contribution in [0.15, 0.2) is 48.5 Å². The van der Waals surface area contributed by atoms with E-state index in [2.05, 4.69) is 20.6 Å². The first-order valence-corrected chi connectivity index (χ1v) is 8.29. The third-order valence-corrected chi connectivity index (χ3v) is 3.86. The van der Waals surface area contributed by atoms with E-state index in [-0.39, 0.29) is 6.61 Å². The summed E-state index contributed by atoms with van der Waals surface area (Å²) in [5, 5.41) is 16.4. The van der Waals surface area contributed by atoms with Gasteiger partial charge in [0.05, 0.1) is 12.6 Å². The topological polar surface area (TPSA) is 79.3 Å². The van der Waals surface area contributed by atoms with Gasteiger partial charge in [-0.05, 0) is 24.6 Å². The van der Waals surface area contributed by atoms with Gasteiger partial charge in [-0.2, -0.15) is 4.98 Å². The van der Waals surface area contributed by atoms with Crippen molar-refractivity contribution < 1.29 is 9.84 Å². The molecule has 0 spiro atoms. The molecule has 0 amide bonds. The fourth-order valence-electron chi connectivity index (χ4n) is 2.60. The Hall–Kier alpha value is -2.86. The van der Waals surface area contributed by atoms with Crippen molar-refractivity contribution in [3.63, 3.8) is 0 Å². The zero-order valence-electron chi connectivity index (χ0n) is 14.2. The van der Waals surface area contributed by atoms with E-state index in [4.69, 9.17) is 9.84 Å². The van der Waals surface area contributed by atoms with Crippen molar-refractivity contribution >= 4 is 22.7 Å². The Kier molecular flexibility index (Phi) is 5.64. The molecule has 0 aliphatic heterocycles. The number of aliphatic hydroxyl groups is 1. The summed E-state index contributed by atoms with van der Waals surface area (Å²) in [5.41, 5.74) is 1.93. The molecule has 2 aromatic carbocycles. The minimum Gasteiger partial charge on any atom is -0.496 e. The second-order valence-corrected chi connectivity index (χ2v) is 5.58. The lowest BCUT2D eigenvalue weighted by atomic mass is 10.2. The molecule has 0 radical (unpaired) electrons. The maximum atomic E-state index is 8.93. The molecule has 3 aromatic rings. The molecule has 0 aliphatic carbocycles. The van der Waals surface area contributed by atoms with Gasteiger partial charge in [-0.25, -0.2) is 4.98 Å². The standard InChI is InChI=1S/C19H22N4O2/c1-25-17-10-5-2-7-14(17)13-21-18-15-8-3-4-9-16(15)22-19(23-18)20-11-6-12-24/h2-5,7-10,24H,6,11-13H2,1H3,(H2,20,21,22,23). The lowest BCUT2D eigenvalue weighted by Crippen LogP contribution is -2.10. The summed E-state index contributed by atoms with van der Waals surface area (Å²) in [6.45, 7) is 1.36. The molecule has 1 aromatic heterocycles. The van der Waals surface area contributed by atoms with Crippen LogP contribution >= 0.6 is 0 Å². The van der Waals surface area contributed by atoms with Crippen molar-refractivity contribution in [1.82, 2.24) is 9.97 Å². The lowest BCUT2D eigenvalue weighted by molar-refractivity contribution is 0.292. The van der Waals surface area contributed by atoms with Gasteiger partial charge in [-0.15, -0.1) is 0 Å². The van der Waals surface area contributed by atoms with E-state index in [1.165, 1.54) is 0 Å². The molecule has 0 saturated heterocycles. The van der Waals surface area contributed by atoms with Crippen molar-refractivity contribution in [3.8, 4) is 5.75 Å².